The number of rotatable bonds is 1. The van der Waals surface area contributed by atoms with E-state index in [4.69, 9.17) is 0 Å². The summed E-state index contributed by atoms with van der Waals surface area (Å²) in [4.78, 5) is 0. The topological polar surface area (TPSA) is 20.2 Å². The van der Waals surface area contributed by atoms with Gasteiger partial charge >= 0.3 is 0 Å². The van der Waals surface area contributed by atoms with Gasteiger partial charge in [-0.3, -0.25) is 0 Å². The Labute approximate surface area is 77.2 Å². The van der Waals surface area contributed by atoms with E-state index in [1.165, 1.54) is 6.07 Å². The van der Waals surface area contributed by atoms with Crippen molar-refractivity contribution < 1.29 is 9.50 Å². The summed E-state index contributed by atoms with van der Waals surface area (Å²) < 4.78 is 12.8. The molecule has 1 N–H and O–H groups in total. The van der Waals surface area contributed by atoms with Gasteiger partial charge in [0.25, 0.3) is 0 Å². The van der Waals surface area contributed by atoms with Gasteiger partial charge in [-0.25, -0.2) is 4.39 Å². The highest BCUT2D eigenvalue weighted by molar-refractivity contribution is 5.24. The number of aliphatic hydroxyl groups is 1. The van der Waals surface area contributed by atoms with E-state index < -0.39 is 0 Å². The number of hydrogen-bond acceptors (Lipinski definition) is 1. The van der Waals surface area contributed by atoms with E-state index in [2.05, 4.69) is 0 Å². The monoisotopic (exact) mass is 180 g/mol. The fourth-order valence-electron chi connectivity index (χ4n) is 1.94. The first kappa shape index (κ1) is 8.70. The van der Waals surface area contributed by atoms with E-state index in [1.54, 1.807) is 12.1 Å². The second-order valence-corrected chi connectivity index (χ2v) is 3.82. The number of aliphatic hydroxyl groups excluding tert-OH is 1. The molecule has 0 heterocycles. The van der Waals surface area contributed by atoms with Gasteiger partial charge in [0.2, 0.25) is 0 Å². The van der Waals surface area contributed by atoms with E-state index >= 15 is 0 Å². The molecule has 0 spiro atoms. The molecular formula is C11H13FO. The Morgan fingerprint density at radius 2 is 2.23 bits per heavy atom. The van der Waals surface area contributed by atoms with Crippen LogP contribution in [0.25, 0.3) is 0 Å². The average molecular weight is 180 g/mol. The normalized spacial score (nSPS) is 32.7. The van der Waals surface area contributed by atoms with Crippen LogP contribution in [0.2, 0.25) is 0 Å². The molecule has 1 aliphatic rings. The van der Waals surface area contributed by atoms with E-state index in [0.29, 0.717) is 5.92 Å². The molecule has 0 bridgehead atoms. The molecule has 1 saturated carbocycles. The number of halogens is 1. The highest BCUT2D eigenvalue weighted by Crippen LogP contribution is 2.42. The van der Waals surface area contributed by atoms with Crippen LogP contribution in [-0.4, -0.2) is 11.2 Å². The highest BCUT2D eigenvalue weighted by Gasteiger charge is 2.37. The molecule has 2 rings (SSSR count). The molecule has 0 aliphatic heterocycles. The summed E-state index contributed by atoms with van der Waals surface area (Å²) in [6.07, 6.45) is 0.568. The Hall–Kier alpha value is -0.890. The molecule has 1 aliphatic carbocycles. The Kier molecular flexibility index (Phi) is 2.08. The molecule has 3 unspecified atom stereocenters. The lowest BCUT2D eigenvalue weighted by molar-refractivity contribution is 0.0116. The van der Waals surface area contributed by atoms with Crippen molar-refractivity contribution in [3.8, 4) is 0 Å². The Morgan fingerprint density at radius 1 is 1.46 bits per heavy atom. The Balaban J connectivity index is 2.18. The molecule has 2 heteroatoms. The summed E-state index contributed by atoms with van der Waals surface area (Å²) >= 11 is 0. The quantitative estimate of drug-likeness (QED) is 0.703. The first-order valence-electron chi connectivity index (χ1n) is 4.62. The summed E-state index contributed by atoms with van der Waals surface area (Å²) in [6, 6.07) is 6.66. The summed E-state index contributed by atoms with van der Waals surface area (Å²) in [5.74, 6) is 0.415. The van der Waals surface area contributed by atoms with Gasteiger partial charge in [0.1, 0.15) is 5.82 Å². The zero-order valence-electron chi connectivity index (χ0n) is 7.57. The fourth-order valence-corrected chi connectivity index (χ4v) is 1.94. The predicted octanol–water partition coefficient (Wildman–Crippen LogP) is 2.31. The van der Waals surface area contributed by atoms with Gasteiger partial charge in [0, 0.05) is 0 Å². The molecule has 3 atom stereocenters. The van der Waals surface area contributed by atoms with Crippen molar-refractivity contribution in [3.05, 3.63) is 35.6 Å². The molecule has 0 saturated heterocycles. The molecule has 0 radical (unpaired) electrons. The molecule has 1 aromatic carbocycles. The van der Waals surface area contributed by atoms with E-state index in [0.717, 1.165) is 12.0 Å². The minimum Gasteiger partial charge on any atom is -0.393 e. The van der Waals surface area contributed by atoms with Crippen molar-refractivity contribution in [3.63, 3.8) is 0 Å². The first-order chi connectivity index (χ1) is 6.18. The van der Waals surface area contributed by atoms with Gasteiger partial charge < -0.3 is 5.11 Å². The lowest BCUT2D eigenvalue weighted by Gasteiger charge is -2.39. The van der Waals surface area contributed by atoms with Crippen LogP contribution in [0.5, 0.6) is 0 Å². The Morgan fingerprint density at radius 3 is 2.77 bits per heavy atom. The van der Waals surface area contributed by atoms with E-state index in [1.807, 2.05) is 13.0 Å². The fraction of sp³-hybridized carbons (Fsp3) is 0.455. The van der Waals surface area contributed by atoms with Gasteiger partial charge in [0.15, 0.2) is 0 Å². The summed E-state index contributed by atoms with van der Waals surface area (Å²) in [7, 11) is 0. The second kappa shape index (κ2) is 3.11. The van der Waals surface area contributed by atoms with Crippen LogP contribution in [0.4, 0.5) is 4.39 Å². The smallest absolute Gasteiger partial charge is 0.123 e. The van der Waals surface area contributed by atoms with Crippen LogP contribution < -0.4 is 0 Å². The van der Waals surface area contributed by atoms with Crippen LogP contribution in [0, 0.1) is 11.7 Å². The minimum atomic E-state index is -0.201. The molecule has 70 valence electrons. The largest absolute Gasteiger partial charge is 0.393 e. The average Bonchev–Trinajstić information content (AvgIpc) is 2.13. The van der Waals surface area contributed by atoms with Crippen molar-refractivity contribution in [1.29, 1.82) is 0 Å². The number of benzene rings is 1. The summed E-state index contributed by atoms with van der Waals surface area (Å²) in [5.41, 5.74) is 1.01. The zero-order chi connectivity index (χ0) is 9.42. The van der Waals surface area contributed by atoms with Crippen molar-refractivity contribution in [2.75, 3.05) is 0 Å². The third-order valence-corrected chi connectivity index (χ3v) is 3.01. The van der Waals surface area contributed by atoms with Crippen LogP contribution >= 0.6 is 0 Å². The van der Waals surface area contributed by atoms with Gasteiger partial charge in [-0.2, -0.15) is 0 Å². The van der Waals surface area contributed by atoms with Gasteiger partial charge in [-0.05, 0) is 36.0 Å². The molecule has 0 aromatic heterocycles. The van der Waals surface area contributed by atoms with Gasteiger partial charge in [-0.1, -0.05) is 19.1 Å². The summed E-state index contributed by atoms with van der Waals surface area (Å²) in [6.45, 7) is 2.00. The third kappa shape index (κ3) is 1.46. The zero-order valence-corrected chi connectivity index (χ0v) is 7.57. The van der Waals surface area contributed by atoms with E-state index in [-0.39, 0.29) is 17.8 Å². The molecule has 13 heavy (non-hydrogen) atoms. The van der Waals surface area contributed by atoms with E-state index in [9.17, 15) is 9.50 Å². The van der Waals surface area contributed by atoms with Crippen LogP contribution in [0.1, 0.15) is 24.8 Å². The lowest BCUT2D eigenvalue weighted by Crippen LogP contribution is -2.37. The van der Waals surface area contributed by atoms with Crippen molar-refractivity contribution in [2.24, 2.45) is 5.92 Å². The maximum atomic E-state index is 12.8. The molecule has 1 nitrogen and oxygen atoms in total. The predicted molar refractivity (Wildman–Crippen MR) is 48.9 cm³/mol. The SMILES string of the molecule is CC1C(O)CC1c1cccc(F)c1. The highest BCUT2D eigenvalue weighted by atomic mass is 19.1. The number of hydrogen-bond donors (Lipinski definition) is 1. The third-order valence-electron chi connectivity index (χ3n) is 3.01. The van der Waals surface area contributed by atoms with Crippen molar-refractivity contribution >= 4 is 0 Å². The maximum absolute atomic E-state index is 12.8. The maximum Gasteiger partial charge on any atom is 0.123 e. The first-order valence-corrected chi connectivity index (χ1v) is 4.62. The molecule has 0 amide bonds. The standard InChI is InChI=1S/C11H13FO/c1-7-10(6-11(7)13)8-3-2-4-9(12)5-8/h2-5,7,10-11,13H,6H2,1H3. The second-order valence-electron chi connectivity index (χ2n) is 3.82. The van der Waals surface area contributed by atoms with Crippen molar-refractivity contribution in [2.45, 2.75) is 25.4 Å². The molecular weight excluding hydrogens is 167 g/mol. The Bertz CT molecular complexity index is 311. The molecule has 1 aromatic rings. The molecule has 1 fully saturated rings. The van der Waals surface area contributed by atoms with Gasteiger partial charge in [-0.15, -0.1) is 0 Å². The summed E-state index contributed by atoms with van der Waals surface area (Å²) in [5, 5.41) is 9.32. The van der Waals surface area contributed by atoms with Crippen LogP contribution in [0.3, 0.4) is 0 Å². The van der Waals surface area contributed by atoms with Crippen LogP contribution in [-0.2, 0) is 0 Å². The van der Waals surface area contributed by atoms with Crippen LogP contribution in [0.15, 0.2) is 24.3 Å². The lowest BCUT2D eigenvalue weighted by atomic mass is 9.69. The van der Waals surface area contributed by atoms with Crippen molar-refractivity contribution in [1.82, 2.24) is 0 Å². The minimum absolute atomic E-state index is 0.189. The van der Waals surface area contributed by atoms with Gasteiger partial charge in [0.05, 0.1) is 6.10 Å².